The lowest BCUT2D eigenvalue weighted by Gasteiger charge is -2.19. The minimum atomic E-state index is 0.522. The van der Waals surface area contributed by atoms with Gasteiger partial charge in [-0.15, -0.1) is 0 Å². The Morgan fingerprint density at radius 1 is 0.500 bits per heavy atom. The Balaban J connectivity index is -0.000000285. The molecule has 0 saturated heterocycles. The Morgan fingerprint density at radius 3 is 0.917 bits per heavy atom. The predicted octanol–water partition coefficient (Wildman–Crippen LogP) is 9.81. The molecule has 0 heteroatoms. The van der Waals surface area contributed by atoms with Crippen LogP contribution in [0.4, 0.5) is 0 Å². The van der Waals surface area contributed by atoms with E-state index in [0.717, 1.165) is 5.92 Å². The molecule has 0 atom stereocenters. The lowest BCUT2D eigenvalue weighted by Crippen LogP contribution is -2.08. The van der Waals surface area contributed by atoms with E-state index in [1.807, 2.05) is 0 Å². The SMILES string of the molecule is CC(C)CC(C)(C)C.CCCCCC.CCCCCCCCCC. The van der Waals surface area contributed by atoms with E-state index in [2.05, 4.69) is 62.3 Å². The zero-order valence-electron chi connectivity index (χ0n) is 19.3. The Morgan fingerprint density at radius 2 is 0.750 bits per heavy atom. The van der Waals surface area contributed by atoms with Crippen LogP contribution < -0.4 is 0 Å². The molecule has 150 valence electrons. The molecule has 0 aromatic carbocycles. The second-order valence-corrected chi connectivity index (χ2v) is 8.99. The molecule has 0 unspecified atom stereocenters. The van der Waals surface area contributed by atoms with Gasteiger partial charge in [0, 0.05) is 0 Å². The van der Waals surface area contributed by atoms with E-state index in [0.29, 0.717) is 5.41 Å². The van der Waals surface area contributed by atoms with E-state index in [-0.39, 0.29) is 0 Å². The highest BCUT2D eigenvalue weighted by molar-refractivity contribution is 4.62. The number of rotatable bonds is 11. The molecular weight excluding hydrogens is 288 g/mol. The van der Waals surface area contributed by atoms with Crippen molar-refractivity contribution in [3.05, 3.63) is 0 Å². The number of hydrogen-bond acceptors (Lipinski definition) is 0. The van der Waals surface area contributed by atoms with Crippen LogP contribution in [0.15, 0.2) is 0 Å². The molecule has 0 fully saturated rings. The molecule has 0 N–H and O–H groups in total. The lowest BCUT2D eigenvalue weighted by molar-refractivity contribution is 0.320. The normalized spacial score (nSPS) is 10.8. The van der Waals surface area contributed by atoms with Gasteiger partial charge < -0.3 is 0 Å². The van der Waals surface area contributed by atoms with Gasteiger partial charge in [-0.25, -0.2) is 0 Å². The first-order chi connectivity index (χ1) is 11.2. The largest absolute Gasteiger partial charge is 0.0654 e. The Hall–Kier alpha value is 0. The average molecular weight is 343 g/mol. The predicted molar refractivity (Wildman–Crippen MR) is 117 cm³/mol. The van der Waals surface area contributed by atoms with Crippen LogP contribution in [-0.2, 0) is 0 Å². The van der Waals surface area contributed by atoms with E-state index in [9.17, 15) is 0 Å². The smallest absolute Gasteiger partial charge is 0.0380 e. The lowest BCUT2D eigenvalue weighted by atomic mass is 9.86. The highest BCUT2D eigenvalue weighted by Crippen LogP contribution is 2.23. The molecule has 0 aliphatic heterocycles. The summed E-state index contributed by atoms with van der Waals surface area (Å²) in [5.41, 5.74) is 0.522. The van der Waals surface area contributed by atoms with Gasteiger partial charge in [0.2, 0.25) is 0 Å². The molecule has 0 aliphatic rings. The Labute approximate surface area is 157 Å². The van der Waals surface area contributed by atoms with Gasteiger partial charge in [0.25, 0.3) is 0 Å². The van der Waals surface area contributed by atoms with Crippen LogP contribution in [0.25, 0.3) is 0 Å². The van der Waals surface area contributed by atoms with Gasteiger partial charge >= 0.3 is 0 Å². The van der Waals surface area contributed by atoms with E-state index < -0.39 is 0 Å². The van der Waals surface area contributed by atoms with Gasteiger partial charge in [-0.05, 0) is 17.8 Å². The third kappa shape index (κ3) is 43.1. The van der Waals surface area contributed by atoms with Gasteiger partial charge in [0.05, 0.1) is 0 Å². The number of unbranched alkanes of at least 4 members (excludes halogenated alkanes) is 10. The van der Waals surface area contributed by atoms with Crippen LogP contribution in [0.5, 0.6) is 0 Å². The van der Waals surface area contributed by atoms with E-state index in [1.165, 1.54) is 83.5 Å². The molecule has 0 spiro atoms. The minimum absolute atomic E-state index is 0.522. The molecule has 0 rings (SSSR count). The van der Waals surface area contributed by atoms with Gasteiger partial charge in [-0.3, -0.25) is 0 Å². The molecule has 0 saturated carbocycles. The molecule has 0 bridgehead atoms. The maximum Gasteiger partial charge on any atom is -0.0380 e. The second kappa shape index (κ2) is 23.0. The number of hydrogen-bond donors (Lipinski definition) is 0. The van der Waals surface area contributed by atoms with Crippen molar-refractivity contribution in [2.24, 2.45) is 11.3 Å². The highest BCUT2D eigenvalue weighted by atomic mass is 14.2. The molecule has 24 heavy (non-hydrogen) atoms. The van der Waals surface area contributed by atoms with Crippen molar-refractivity contribution >= 4 is 0 Å². The summed E-state index contributed by atoms with van der Waals surface area (Å²) in [6.45, 7) is 20.4. The van der Waals surface area contributed by atoms with Crippen molar-refractivity contribution in [2.45, 2.75) is 146 Å². The van der Waals surface area contributed by atoms with Crippen molar-refractivity contribution in [2.75, 3.05) is 0 Å². The van der Waals surface area contributed by atoms with Crippen LogP contribution in [0.3, 0.4) is 0 Å². The fourth-order valence-electron chi connectivity index (χ4n) is 2.93. The molecule has 0 aromatic rings. The van der Waals surface area contributed by atoms with Crippen molar-refractivity contribution in [3.8, 4) is 0 Å². The molecule has 0 amide bonds. The summed E-state index contributed by atoms with van der Waals surface area (Å²) < 4.78 is 0. The summed E-state index contributed by atoms with van der Waals surface area (Å²) >= 11 is 0. The molecule has 0 nitrogen and oxygen atoms in total. The fourth-order valence-corrected chi connectivity index (χ4v) is 2.93. The Kier molecular flexibility index (Phi) is 27.6. The van der Waals surface area contributed by atoms with Crippen LogP contribution >= 0.6 is 0 Å². The summed E-state index contributed by atoms with van der Waals surface area (Å²) in [4.78, 5) is 0. The summed E-state index contributed by atoms with van der Waals surface area (Å²) in [5, 5.41) is 0. The first-order valence-electron chi connectivity index (χ1n) is 11.2. The second-order valence-electron chi connectivity index (χ2n) is 8.99. The summed E-state index contributed by atoms with van der Waals surface area (Å²) in [5.74, 6) is 0.843. The first kappa shape index (κ1) is 28.8. The first-order valence-corrected chi connectivity index (χ1v) is 11.2. The Bertz CT molecular complexity index is 173. The van der Waals surface area contributed by atoms with Crippen molar-refractivity contribution in [1.29, 1.82) is 0 Å². The third-order valence-electron chi connectivity index (χ3n) is 3.93. The van der Waals surface area contributed by atoms with Gasteiger partial charge in [-0.1, -0.05) is 139 Å². The standard InChI is InChI=1S/C10H22.C8H18.C6H14/c1-3-5-7-9-10-8-6-4-2;1-7(2)6-8(3,4)5;1-3-5-6-4-2/h3-10H2,1-2H3;7H,6H2,1-5H3;3-6H2,1-2H3. The molecule has 0 aromatic heterocycles. The summed E-state index contributed by atoms with van der Waals surface area (Å²) in [7, 11) is 0. The van der Waals surface area contributed by atoms with Gasteiger partial charge in [0.15, 0.2) is 0 Å². The van der Waals surface area contributed by atoms with E-state index >= 15 is 0 Å². The summed E-state index contributed by atoms with van der Waals surface area (Å²) in [6.07, 6.45) is 18.3. The van der Waals surface area contributed by atoms with Crippen molar-refractivity contribution < 1.29 is 0 Å². The maximum atomic E-state index is 2.28. The maximum absolute atomic E-state index is 2.28. The highest BCUT2D eigenvalue weighted by Gasteiger charge is 2.11. The van der Waals surface area contributed by atoms with Crippen molar-refractivity contribution in [3.63, 3.8) is 0 Å². The van der Waals surface area contributed by atoms with E-state index in [1.54, 1.807) is 0 Å². The topological polar surface area (TPSA) is 0 Å². The fraction of sp³-hybridized carbons (Fsp3) is 1.00. The summed E-state index contributed by atoms with van der Waals surface area (Å²) in [6, 6.07) is 0. The van der Waals surface area contributed by atoms with Gasteiger partial charge in [0.1, 0.15) is 0 Å². The van der Waals surface area contributed by atoms with Crippen LogP contribution in [0, 0.1) is 11.3 Å². The quantitative estimate of drug-likeness (QED) is 0.328. The van der Waals surface area contributed by atoms with Crippen LogP contribution in [-0.4, -0.2) is 0 Å². The third-order valence-corrected chi connectivity index (χ3v) is 3.93. The van der Waals surface area contributed by atoms with Crippen molar-refractivity contribution in [1.82, 2.24) is 0 Å². The zero-order valence-corrected chi connectivity index (χ0v) is 19.3. The van der Waals surface area contributed by atoms with E-state index in [4.69, 9.17) is 0 Å². The molecular formula is C24H54. The van der Waals surface area contributed by atoms with Crippen LogP contribution in [0.2, 0.25) is 0 Å². The minimum Gasteiger partial charge on any atom is -0.0654 e. The zero-order chi connectivity index (χ0) is 19.3. The average Bonchev–Trinajstić information content (AvgIpc) is 2.47. The van der Waals surface area contributed by atoms with Crippen LogP contribution in [0.1, 0.15) is 146 Å². The monoisotopic (exact) mass is 342 g/mol. The molecule has 0 radical (unpaired) electrons. The molecule has 0 heterocycles. The molecule has 0 aliphatic carbocycles. The van der Waals surface area contributed by atoms with Gasteiger partial charge in [-0.2, -0.15) is 0 Å².